The van der Waals surface area contributed by atoms with Gasteiger partial charge >= 0.3 is 0 Å². The van der Waals surface area contributed by atoms with E-state index in [0.29, 0.717) is 6.42 Å². The Bertz CT molecular complexity index is 469. The zero-order valence-corrected chi connectivity index (χ0v) is 10.6. The van der Waals surface area contributed by atoms with Crippen molar-refractivity contribution in [2.24, 2.45) is 5.73 Å². The van der Waals surface area contributed by atoms with Crippen molar-refractivity contribution in [1.29, 1.82) is 5.26 Å². The summed E-state index contributed by atoms with van der Waals surface area (Å²) in [7, 11) is 0. The summed E-state index contributed by atoms with van der Waals surface area (Å²) in [5.74, 6) is 0. The topological polar surface area (TPSA) is 49.8 Å². The summed E-state index contributed by atoms with van der Waals surface area (Å²) < 4.78 is 0. The third-order valence-corrected chi connectivity index (χ3v) is 2.45. The van der Waals surface area contributed by atoms with Gasteiger partial charge in [0.25, 0.3) is 0 Å². The monoisotopic (exact) mass is 238 g/mol. The summed E-state index contributed by atoms with van der Waals surface area (Å²) in [4.78, 5) is 0. The van der Waals surface area contributed by atoms with Gasteiger partial charge in [0, 0.05) is 6.04 Å². The summed E-state index contributed by atoms with van der Waals surface area (Å²) in [6.07, 6.45) is 0.515. The van der Waals surface area contributed by atoms with Crippen LogP contribution in [0.2, 0.25) is 0 Å². The Labute approximate surface area is 109 Å². The molecule has 0 spiro atoms. The van der Waals surface area contributed by atoms with Gasteiger partial charge in [0.05, 0.1) is 12.5 Å². The Morgan fingerprint density at radius 1 is 1.00 bits per heavy atom. The molecule has 0 saturated heterocycles. The zero-order chi connectivity index (χ0) is 13.2. The van der Waals surface area contributed by atoms with Crippen molar-refractivity contribution >= 4 is 0 Å². The maximum atomic E-state index is 8.27. The number of benzene rings is 2. The minimum Gasteiger partial charge on any atom is -0.324 e. The van der Waals surface area contributed by atoms with Gasteiger partial charge in [-0.15, -0.1) is 0 Å². The van der Waals surface area contributed by atoms with Crippen molar-refractivity contribution in [3.05, 3.63) is 71.8 Å². The summed E-state index contributed by atoms with van der Waals surface area (Å²) in [6, 6.07) is 22.0. The number of nitrogens with two attached hydrogens (primary N) is 1. The van der Waals surface area contributed by atoms with Crippen LogP contribution in [0.3, 0.4) is 0 Å². The number of hydrogen-bond donors (Lipinski definition) is 1. The first kappa shape index (κ1) is 14.0. The molecule has 2 aromatic rings. The first-order valence-corrected chi connectivity index (χ1v) is 5.95. The lowest BCUT2D eigenvalue weighted by molar-refractivity contribution is 0.818. The fraction of sp³-hybridized carbons (Fsp3) is 0.188. The highest BCUT2D eigenvalue weighted by atomic mass is 14.6. The third kappa shape index (κ3) is 5.29. The van der Waals surface area contributed by atoms with Crippen molar-refractivity contribution in [3.63, 3.8) is 0 Å². The van der Waals surface area contributed by atoms with E-state index in [-0.39, 0.29) is 6.04 Å². The van der Waals surface area contributed by atoms with Crippen LogP contribution in [0, 0.1) is 11.3 Å². The van der Waals surface area contributed by atoms with Gasteiger partial charge in [-0.05, 0) is 18.1 Å². The number of nitriles is 1. The van der Waals surface area contributed by atoms with Crippen LogP contribution in [0.25, 0.3) is 0 Å². The molecule has 0 heterocycles. The molecule has 0 saturated carbocycles. The molecular weight excluding hydrogens is 220 g/mol. The fourth-order valence-corrected chi connectivity index (χ4v) is 1.44. The summed E-state index contributed by atoms with van der Waals surface area (Å²) >= 11 is 0. The van der Waals surface area contributed by atoms with Crippen LogP contribution in [0.4, 0.5) is 0 Å². The van der Waals surface area contributed by atoms with E-state index in [1.807, 2.05) is 67.6 Å². The van der Waals surface area contributed by atoms with Crippen LogP contribution in [-0.2, 0) is 6.42 Å². The second kappa shape index (κ2) is 8.05. The quantitative estimate of drug-likeness (QED) is 0.871. The molecule has 18 heavy (non-hydrogen) atoms. The highest BCUT2D eigenvalue weighted by Crippen LogP contribution is 2.06. The Morgan fingerprint density at radius 2 is 1.50 bits per heavy atom. The Kier molecular flexibility index (Phi) is 6.24. The molecule has 0 fully saturated rings. The van der Waals surface area contributed by atoms with E-state index in [1.54, 1.807) is 0 Å². The summed E-state index contributed by atoms with van der Waals surface area (Å²) in [6.45, 7) is 1.98. The molecule has 0 aliphatic carbocycles. The van der Waals surface area contributed by atoms with Crippen molar-refractivity contribution in [2.45, 2.75) is 19.4 Å². The molecule has 0 radical (unpaired) electrons. The number of nitrogens with zero attached hydrogens (tertiary/aromatic N) is 1. The van der Waals surface area contributed by atoms with Gasteiger partial charge in [0.15, 0.2) is 0 Å². The molecule has 1 atom stereocenters. The van der Waals surface area contributed by atoms with E-state index in [2.05, 4.69) is 6.07 Å². The van der Waals surface area contributed by atoms with E-state index in [1.165, 1.54) is 5.56 Å². The molecular formula is C16H18N2. The lowest BCUT2D eigenvalue weighted by Gasteiger charge is -2.02. The third-order valence-electron chi connectivity index (χ3n) is 2.45. The fourth-order valence-electron chi connectivity index (χ4n) is 1.44. The van der Waals surface area contributed by atoms with Gasteiger partial charge in [0.2, 0.25) is 0 Å². The first-order chi connectivity index (χ1) is 8.74. The van der Waals surface area contributed by atoms with Gasteiger partial charge in [-0.1, -0.05) is 60.7 Å². The Balaban J connectivity index is 0.000000180. The highest BCUT2D eigenvalue weighted by molar-refractivity contribution is 5.18. The molecule has 0 bridgehead atoms. The average Bonchev–Trinajstić information content (AvgIpc) is 2.42. The largest absolute Gasteiger partial charge is 0.324 e. The van der Waals surface area contributed by atoms with Crippen LogP contribution in [0.1, 0.15) is 24.1 Å². The van der Waals surface area contributed by atoms with E-state index in [0.717, 1.165) is 5.56 Å². The lowest BCUT2D eigenvalue weighted by Crippen LogP contribution is -2.03. The smallest absolute Gasteiger partial charge is 0.0669 e. The lowest BCUT2D eigenvalue weighted by atomic mass is 10.1. The molecule has 0 aromatic heterocycles. The molecule has 2 heteroatoms. The van der Waals surface area contributed by atoms with E-state index in [4.69, 9.17) is 11.0 Å². The zero-order valence-electron chi connectivity index (χ0n) is 10.6. The van der Waals surface area contributed by atoms with Crippen molar-refractivity contribution in [2.75, 3.05) is 0 Å². The van der Waals surface area contributed by atoms with Crippen molar-refractivity contribution < 1.29 is 0 Å². The second-order valence-corrected chi connectivity index (χ2v) is 4.02. The van der Waals surface area contributed by atoms with E-state index < -0.39 is 0 Å². The summed E-state index contributed by atoms with van der Waals surface area (Å²) in [5.41, 5.74) is 7.89. The van der Waals surface area contributed by atoms with Gasteiger partial charge in [-0.25, -0.2) is 0 Å². The minimum absolute atomic E-state index is 0.159. The molecule has 2 nitrogen and oxygen atoms in total. The molecule has 0 amide bonds. The molecule has 0 aliphatic rings. The molecule has 2 N–H and O–H groups in total. The van der Waals surface area contributed by atoms with Crippen LogP contribution in [0.5, 0.6) is 0 Å². The van der Waals surface area contributed by atoms with Gasteiger partial charge < -0.3 is 5.73 Å². The van der Waals surface area contributed by atoms with Crippen molar-refractivity contribution in [3.8, 4) is 6.07 Å². The Morgan fingerprint density at radius 3 is 1.89 bits per heavy atom. The van der Waals surface area contributed by atoms with Crippen LogP contribution in [-0.4, -0.2) is 0 Å². The molecule has 2 aromatic carbocycles. The average molecular weight is 238 g/mol. The SMILES string of the molecule is CC(N)c1ccccc1.N#CCc1ccccc1. The molecule has 0 aliphatic heterocycles. The highest BCUT2D eigenvalue weighted by Gasteiger charge is 1.93. The molecule has 2 rings (SSSR count). The van der Waals surface area contributed by atoms with Crippen LogP contribution >= 0.6 is 0 Å². The first-order valence-electron chi connectivity index (χ1n) is 5.95. The van der Waals surface area contributed by atoms with Crippen LogP contribution < -0.4 is 5.73 Å². The predicted octanol–water partition coefficient (Wildman–Crippen LogP) is 3.46. The number of rotatable bonds is 2. The minimum atomic E-state index is 0.159. The van der Waals surface area contributed by atoms with Crippen molar-refractivity contribution in [1.82, 2.24) is 0 Å². The molecule has 1 unspecified atom stereocenters. The second-order valence-electron chi connectivity index (χ2n) is 4.02. The van der Waals surface area contributed by atoms with E-state index >= 15 is 0 Å². The maximum Gasteiger partial charge on any atom is 0.0669 e. The normalized spacial score (nSPS) is 10.7. The van der Waals surface area contributed by atoms with E-state index in [9.17, 15) is 0 Å². The maximum absolute atomic E-state index is 8.27. The van der Waals surface area contributed by atoms with Gasteiger partial charge in [-0.2, -0.15) is 5.26 Å². The number of hydrogen-bond acceptors (Lipinski definition) is 2. The van der Waals surface area contributed by atoms with Gasteiger partial charge in [0.1, 0.15) is 0 Å². The predicted molar refractivity (Wildman–Crippen MR) is 74.8 cm³/mol. The Hall–Kier alpha value is -2.11. The summed E-state index contributed by atoms with van der Waals surface area (Å²) in [5, 5.41) is 8.27. The standard InChI is InChI=1S/C8H11N.C8H7N/c1-7(9)8-5-3-2-4-6-8;9-7-6-8-4-2-1-3-5-8/h2-7H,9H2,1H3;1-5H,6H2. The van der Waals surface area contributed by atoms with Gasteiger partial charge in [-0.3, -0.25) is 0 Å². The molecule has 92 valence electrons. The van der Waals surface area contributed by atoms with Crippen LogP contribution in [0.15, 0.2) is 60.7 Å².